The molecule has 1 N–H and O–H groups in total. The lowest BCUT2D eigenvalue weighted by molar-refractivity contribution is 0.0690. The summed E-state index contributed by atoms with van der Waals surface area (Å²) in [5.74, 6) is -1.06. The van der Waals surface area contributed by atoms with E-state index in [4.69, 9.17) is 11.6 Å². The molecule has 6 heteroatoms. The van der Waals surface area contributed by atoms with E-state index in [2.05, 4.69) is 9.97 Å². The molecule has 104 valence electrons. The first-order chi connectivity index (χ1) is 10.1. The van der Waals surface area contributed by atoms with Gasteiger partial charge in [0.25, 0.3) is 0 Å². The molecule has 0 saturated carbocycles. The number of benzene rings is 1. The maximum absolute atomic E-state index is 11.2. The highest BCUT2D eigenvalue weighted by atomic mass is 35.5. The molecule has 21 heavy (non-hydrogen) atoms. The van der Waals surface area contributed by atoms with E-state index in [1.165, 1.54) is 11.8 Å². The van der Waals surface area contributed by atoms with Crippen molar-refractivity contribution in [3.8, 4) is 0 Å². The number of hydrogen-bond donors (Lipinski definition) is 1. The number of aromatic nitrogens is 2. The summed E-state index contributed by atoms with van der Waals surface area (Å²) in [6.07, 6.45) is 1.64. The van der Waals surface area contributed by atoms with Crippen LogP contribution >= 0.6 is 23.4 Å². The number of rotatable bonds is 3. The minimum Gasteiger partial charge on any atom is -0.477 e. The Bertz CT molecular complexity index is 839. The van der Waals surface area contributed by atoms with Crippen LogP contribution in [0.2, 0.25) is 5.02 Å². The van der Waals surface area contributed by atoms with E-state index in [0.29, 0.717) is 15.1 Å². The first-order valence-electron chi connectivity index (χ1n) is 6.06. The number of pyridine rings is 2. The van der Waals surface area contributed by atoms with Crippen molar-refractivity contribution in [2.75, 3.05) is 0 Å². The van der Waals surface area contributed by atoms with Crippen LogP contribution in [0.1, 0.15) is 10.5 Å². The topological polar surface area (TPSA) is 63.1 Å². The predicted molar refractivity (Wildman–Crippen MR) is 82.1 cm³/mol. The average Bonchev–Trinajstić information content (AvgIpc) is 2.49. The molecule has 2 heterocycles. The van der Waals surface area contributed by atoms with Gasteiger partial charge in [0.1, 0.15) is 15.7 Å². The van der Waals surface area contributed by atoms with E-state index in [1.54, 1.807) is 24.4 Å². The number of halogens is 1. The molecule has 0 unspecified atom stereocenters. The van der Waals surface area contributed by atoms with Crippen molar-refractivity contribution in [1.29, 1.82) is 0 Å². The van der Waals surface area contributed by atoms with E-state index in [-0.39, 0.29) is 5.69 Å². The molecule has 3 aromatic rings. The normalized spacial score (nSPS) is 10.7. The zero-order chi connectivity index (χ0) is 14.8. The fourth-order valence-electron chi connectivity index (χ4n) is 1.89. The Kier molecular flexibility index (Phi) is 3.77. The van der Waals surface area contributed by atoms with Crippen molar-refractivity contribution in [3.05, 3.63) is 59.4 Å². The van der Waals surface area contributed by atoms with Crippen LogP contribution in [-0.2, 0) is 0 Å². The lowest BCUT2D eigenvalue weighted by Crippen LogP contribution is -2.01. The second-order valence-corrected chi connectivity index (χ2v) is 5.62. The highest BCUT2D eigenvalue weighted by molar-refractivity contribution is 7.99. The van der Waals surface area contributed by atoms with Gasteiger partial charge in [-0.15, -0.1) is 0 Å². The molecule has 0 aliphatic rings. The van der Waals surface area contributed by atoms with Gasteiger partial charge in [0.2, 0.25) is 0 Å². The summed E-state index contributed by atoms with van der Waals surface area (Å²) in [5.41, 5.74) is 0.00301. The Hall–Kier alpha value is -2.11. The smallest absolute Gasteiger partial charge is 0.354 e. The number of fused-ring (bicyclic) bond motifs is 1. The highest BCUT2D eigenvalue weighted by Crippen LogP contribution is 2.34. The highest BCUT2D eigenvalue weighted by Gasteiger charge is 2.13. The SMILES string of the molecule is O=C(O)c1cc2ccccc2c(Sc2ncccc2Cl)n1. The van der Waals surface area contributed by atoms with E-state index < -0.39 is 5.97 Å². The van der Waals surface area contributed by atoms with Gasteiger partial charge in [-0.05, 0) is 35.3 Å². The largest absolute Gasteiger partial charge is 0.477 e. The Labute approximate surface area is 129 Å². The van der Waals surface area contributed by atoms with E-state index in [1.807, 2.05) is 24.3 Å². The number of carbonyl (C=O) groups is 1. The fourth-order valence-corrected chi connectivity index (χ4v) is 3.03. The molecular weight excluding hydrogens is 308 g/mol. The van der Waals surface area contributed by atoms with Crippen LogP contribution < -0.4 is 0 Å². The number of nitrogens with zero attached hydrogens (tertiary/aromatic N) is 2. The molecule has 4 nitrogen and oxygen atoms in total. The molecule has 0 saturated heterocycles. The van der Waals surface area contributed by atoms with Gasteiger partial charge in [0, 0.05) is 11.6 Å². The molecule has 0 bridgehead atoms. The molecule has 0 aliphatic heterocycles. The molecular formula is C15H9ClN2O2S. The summed E-state index contributed by atoms with van der Waals surface area (Å²) in [4.78, 5) is 19.6. The second-order valence-electron chi connectivity index (χ2n) is 4.23. The molecule has 0 atom stereocenters. The number of carboxylic acids is 1. The van der Waals surface area contributed by atoms with Gasteiger partial charge < -0.3 is 5.11 Å². The summed E-state index contributed by atoms with van der Waals surface area (Å²) < 4.78 is 0. The van der Waals surface area contributed by atoms with Crippen molar-refractivity contribution < 1.29 is 9.90 Å². The van der Waals surface area contributed by atoms with E-state index in [9.17, 15) is 9.90 Å². The average molecular weight is 317 g/mol. The third-order valence-corrected chi connectivity index (χ3v) is 4.28. The molecule has 3 rings (SSSR count). The minimum atomic E-state index is -1.06. The first-order valence-corrected chi connectivity index (χ1v) is 7.26. The van der Waals surface area contributed by atoms with Crippen LogP contribution in [0.25, 0.3) is 10.8 Å². The fraction of sp³-hybridized carbons (Fsp3) is 0. The summed E-state index contributed by atoms with van der Waals surface area (Å²) in [6.45, 7) is 0. The quantitative estimate of drug-likeness (QED) is 0.787. The van der Waals surface area contributed by atoms with Gasteiger partial charge in [-0.3, -0.25) is 0 Å². The van der Waals surface area contributed by atoms with Crippen molar-refractivity contribution in [2.24, 2.45) is 0 Å². The Morgan fingerprint density at radius 2 is 1.95 bits per heavy atom. The van der Waals surface area contributed by atoms with Gasteiger partial charge in [0.05, 0.1) is 5.02 Å². The molecule has 0 spiro atoms. The van der Waals surface area contributed by atoms with Crippen molar-refractivity contribution in [3.63, 3.8) is 0 Å². The molecule has 0 aliphatic carbocycles. The van der Waals surface area contributed by atoms with Gasteiger partial charge in [-0.25, -0.2) is 14.8 Å². The van der Waals surface area contributed by atoms with Gasteiger partial charge in [0.15, 0.2) is 0 Å². The summed E-state index contributed by atoms with van der Waals surface area (Å²) >= 11 is 7.36. The number of carboxylic acid groups (broad SMARTS) is 1. The van der Waals surface area contributed by atoms with Gasteiger partial charge >= 0.3 is 5.97 Å². The Balaban J connectivity index is 2.16. The third-order valence-electron chi connectivity index (χ3n) is 2.84. The van der Waals surface area contributed by atoms with Crippen LogP contribution in [-0.4, -0.2) is 21.0 Å². The monoisotopic (exact) mass is 316 g/mol. The van der Waals surface area contributed by atoms with Gasteiger partial charge in [-0.1, -0.05) is 35.9 Å². The lowest BCUT2D eigenvalue weighted by Gasteiger charge is -2.07. The summed E-state index contributed by atoms with van der Waals surface area (Å²) in [5, 5.41) is 12.5. The zero-order valence-corrected chi connectivity index (χ0v) is 12.2. The maximum Gasteiger partial charge on any atom is 0.354 e. The molecule has 0 amide bonds. The Morgan fingerprint density at radius 1 is 1.14 bits per heavy atom. The Morgan fingerprint density at radius 3 is 2.71 bits per heavy atom. The summed E-state index contributed by atoms with van der Waals surface area (Å²) in [6, 6.07) is 12.5. The zero-order valence-electron chi connectivity index (χ0n) is 10.7. The third kappa shape index (κ3) is 2.84. The first kappa shape index (κ1) is 13.9. The molecule has 0 fully saturated rings. The molecule has 1 aromatic carbocycles. The van der Waals surface area contributed by atoms with Crippen LogP contribution in [0, 0.1) is 0 Å². The molecule has 0 radical (unpaired) electrons. The van der Waals surface area contributed by atoms with Crippen molar-refractivity contribution in [2.45, 2.75) is 10.1 Å². The van der Waals surface area contributed by atoms with Crippen LogP contribution in [0.3, 0.4) is 0 Å². The van der Waals surface area contributed by atoms with E-state index >= 15 is 0 Å². The van der Waals surface area contributed by atoms with Crippen LogP contribution in [0.5, 0.6) is 0 Å². The lowest BCUT2D eigenvalue weighted by atomic mass is 10.1. The van der Waals surface area contributed by atoms with Crippen LogP contribution in [0.4, 0.5) is 0 Å². The van der Waals surface area contributed by atoms with Gasteiger partial charge in [-0.2, -0.15) is 0 Å². The molecule has 2 aromatic heterocycles. The predicted octanol–water partition coefficient (Wildman–Crippen LogP) is 4.13. The number of aromatic carboxylic acids is 1. The maximum atomic E-state index is 11.2. The second kappa shape index (κ2) is 5.71. The van der Waals surface area contributed by atoms with Crippen molar-refractivity contribution >= 4 is 40.1 Å². The minimum absolute atomic E-state index is 0.00301. The summed E-state index contributed by atoms with van der Waals surface area (Å²) in [7, 11) is 0. The van der Waals surface area contributed by atoms with Crippen molar-refractivity contribution in [1.82, 2.24) is 9.97 Å². The number of hydrogen-bond acceptors (Lipinski definition) is 4. The standard InChI is InChI=1S/C15H9ClN2O2S/c16-11-6-3-7-17-14(11)21-13-10-5-2-1-4-9(10)8-12(18-13)15(19)20/h1-8H,(H,19,20). The van der Waals surface area contributed by atoms with E-state index in [0.717, 1.165) is 10.8 Å². The van der Waals surface area contributed by atoms with Crippen LogP contribution in [0.15, 0.2) is 58.7 Å².